The molecule has 1 atom stereocenters. The summed E-state index contributed by atoms with van der Waals surface area (Å²) in [6.07, 6.45) is 1.66. The fraction of sp³-hybridized carbons (Fsp3) is 0.571. The third-order valence-corrected chi connectivity index (χ3v) is 6.86. The van der Waals surface area contributed by atoms with Gasteiger partial charge in [-0.15, -0.1) is 0 Å². The van der Waals surface area contributed by atoms with Crippen molar-refractivity contribution in [3.8, 4) is 5.75 Å². The maximum absolute atomic E-state index is 11.0. The molecular formula is C28H41ClN2O4. The van der Waals surface area contributed by atoms with Gasteiger partial charge >= 0.3 is 0 Å². The van der Waals surface area contributed by atoms with Crippen LogP contribution in [0, 0.1) is 10.1 Å². The Kier molecular flexibility index (Phi) is 9.37. The summed E-state index contributed by atoms with van der Waals surface area (Å²) in [5.74, 6) is 0.836. The molecule has 0 spiro atoms. The molecule has 0 bridgehead atoms. The summed E-state index contributed by atoms with van der Waals surface area (Å²) in [6.45, 7) is 16.8. The summed E-state index contributed by atoms with van der Waals surface area (Å²) >= 11 is 0. The number of nitro benzene ring substituents is 1. The first kappa shape index (κ1) is 29.1. The van der Waals surface area contributed by atoms with Gasteiger partial charge in [0.25, 0.3) is 5.69 Å². The minimum absolute atomic E-state index is 0. The third kappa shape index (κ3) is 7.66. The lowest BCUT2D eigenvalue weighted by Gasteiger charge is -2.36. The maximum Gasteiger partial charge on any atom is 0.269 e. The number of non-ortho nitro benzene ring substituents is 1. The molecule has 0 aliphatic carbocycles. The fourth-order valence-electron chi connectivity index (χ4n) is 4.92. The molecule has 2 aromatic carbocycles. The Bertz CT molecular complexity index is 987. The van der Waals surface area contributed by atoms with E-state index in [4.69, 9.17) is 4.74 Å². The molecule has 1 saturated heterocycles. The number of hydrogen-bond donors (Lipinski definition) is 1. The van der Waals surface area contributed by atoms with Crippen molar-refractivity contribution < 1.29 is 31.7 Å². The van der Waals surface area contributed by atoms with E-state index < -0.39 is 6.10 Å². The van der Waals surface area contributed by atoms with Gasteiger partial charge in [0.05, 0.1) is 18.0 Å². The van der Waals surface area contributed by atoms with Crippen molar-refractivity contribution in [1.29, 1.82) is 0 Å². The van der Waals surface area contributed by atoms with Crippen molar-refractivity contribution in [2.24, 2.45) is 0 Å². The first-order valence-corrected chi connectivity index (χ1v) is 12.3. The van der Waals surface area contributed by atoms with E-state index in [1.807, 2.05) is 18.2 Å². The highest BCUT2D eigenvalue weighted by Crippen LogP contribution is 2.35. The molecule has 0 aromatic heterocycles. The minimum atomic E-state index is -0.591. The molecule has 1 unspecified atom stereocenters. The molecule has 7 heteroatoms. The van der Waals surface area contributed by atoms with E-state index in [1.54, 1.807) is 12.1 Å². The number of rotatable bonds is 8. The number of likely N-dealkylation sites (tertiary alicyclic amines) is 1. The largest absolute Gasteiger partial charge is 1.00 e. The quantitative estimate of drug-likeness (QED) is 0.341. The number of quaternary nitrogens is 1. The van der Waals surface area contributed by atoms with E-state index in [0.717, 1.165) is 53.8 Å². The van der Waals surface area contributed by atoms with E-state index >= 15 is 0 Å². The summed E-state index contributed by atoms with van der Waals surface area (Å²) in [5, 5.41) is 21.9. The Morgan fingerprint density at radius 3 is 2.11 bits per heavy atom. The fourth-order valence-corrected chi connectivity index (χ4v) is 4.92. The number of aliphatic hydroxyl groups is 1. The van der Waals surface area contributed by atoms with Crippen molar-refractivity contribution in [2.75, 3.05) is 26.2 Å². The van der Waals surface area contributed by atoms with Crippen LogP contribution < -0.4 is 17.1 Å². The second-order valence-corrected chi connectivity index (χ2v) is 11.9. The number of benzene rings is 2. The van der Waals surface area contributed by atoms with Crippen molar-refractivity contribution >= 4 is 5.69 Å². The summed E-state index contributed by atoms with van der Waals surface area (Å²) in [6, 6.07) is 13.2. The molecule has 1 aliphatic rings. The van der Waals surface area contributed by atoms with Gasteiger partial charge in [-0.2, -0.15) is 0 Å². The van der Waals surface area contributed by atoms with Gasteiger partial charge in [0, 0.05) is 30.5 Å². The Morgan fingerprint density at radius 2 is 1.60 bits per heavy atom. The summed E-state index contributed by atoms with van der Waals surface area (Å²) in [5.41, 5.74) is 3.59. The lowest BCUT2D eigenvalue weighted by atomic mass is 9.80. The molecule has 0 radical (unpaired) electrons. The van der Waals surface area contributed by atoms with Crippen LogP contribution in [0.15, 0.2) is 42.5 Å². The monoisotopic (exact) mass is 504 g/mol. The van der Waals surface area contributed by atoms with Crippen LogP contribution >= 0.6 is 0 Å². The van der Waals surface area contributed by atoms with E-state index in [0.29, 0.717) is 6.54 Å². The number of aliphatic hydroxyl groups excluding tert-OH is 1. The van der Waals surface area contributed by atoms with Crippen molar-refractivity contribution in [2.45, 2.75) is 77.9 Å². The molecule has 2 aromatic rings. The van der Waals surface area contributed by atoms with Crippen LogP contribution in [0.5, 0.6) is 5.75 Å². The van der Waals surface area contributed by atoms with E-state index in [9.17, 15) is 15.2 Å². The van der Waals surface area contributed by atoms with Crippen LogP contribution in [-0.2, 0) is 17.4 Å². The van der Waals surface area contributed by atoms with Gasteiger partial charge in [-0.1, -0.05) is 53.7 Å². The SMILES string of the molecule is CC(C)(C)c1ccc(OCC(O)C[N+]2(Cc3ccc([N+](=O)[O-])cc3)CCCC2)c(C(C)(C)C)c1.[Cl-]. The Hall–Kier alpha value is -2.15. The molecule has 1 N–H and O–H groups in total. The average molecular weight is 505 g/mol. The van der Waals surface area contributed by atoms with E-state index in [-0.39, 0.29) is 40.5 Å². The van der Waals surface area contributed by atoms with Crippen LogP contribution in [0.25, 0.3) is 0 Å². The lowest BCUT2D eigenvalue weighted by molar-refractivity contribution is -0.932. The molecule has 194 valence electrons. The number of hydrogen-bond acceptors (Lipinski definition) is 4. The Labute approximate surface area is 216 Å². The standard InChI is InChI=1S/C28H41N2O4.ClH/c1-27(2,3)22-11-14-26(25(17-22)28(4,5)6)34-20-24(31)19-30(15-7-8-16-30)18-21-9-12-23(13-10-21)29(32)33;/h9-14,17,24,31H,7-8,15-16,18-20H2,1-6H3;1H/q+1;/p-1. The minimum Gasteiger partial charge on any atom is -1.00 e. The second kappa shape index (κ2) is 11.3. The van der Waals surface area contributed by atoms with Gasteiger partial charge in [0.2, 0.25) is 0 Å². The maximum atomic E-state index is 11.0. The number of nitro groups is 1. The number of ether oxygens (including phenoxy) is 1. The Balaban J connectivity index is 0.00000432. The topological polar surface area (TPSA) is 72.6 Å². The molecule has 1 aliphatic heterocycles. The van der Waals surface area contributed by atoms with Crippen molar-refractivity contribution in [3.63, 3.8) is 0 Å². The highest BCUT2D eigenvalue weighted by Gasteiger charge is 2.35. The molecule has 0 saturated carbocycles. The zero-order valence-corrected chi connectivity index (χ0v) is 22.8. The molecule has 6 nitrogen and oxygen atoms in total. The third-order valence-electron chi connectivity index (χ3n) is 6.86. The first-order valence-electron chi connectivity index (χ1n) is 12.3. The lowest BCUT2D eigenvalue weighted by Crippen LogP contribution is -3.00. The van der Waals surface area contributed by atoms with Crippen LogP contribution in [0.2, 0.25) is 0 Å². The molecular weight excluding hydrogens is 464 g/mol. The highest BCUT2D eigenvalue weighted by molar-refractivity contribution is 5.43. The van der Waals surface area contributed by atoms with Crippen LogP contribution in [0.4, 0.5) is 5.69 Å². The van der Waals surface area contributed by atoms with Crippen molar-refractivity contribution in [3.05, 3.63) is 69.3 Å². The predicted octanol–water partition coefficient (Wildman–Crippen LogP) is 2.74. The first-order chi connectivity index (χ1) is 15.8. The highest BCUT2D eigenvalue weighted by atomic mass is 35.5. The summed E-state index contributed by atoms with van der Waals surface area (Å²) in [7, 11) is 0. The van der Waals surface area contributed by atoms with Gasteiger partial charge < -0.3 is 26.7 Å². The van der Waals surface area contributed by atoms with Crippen molar-refractivity contribution in [1.82, 2.24) is 0 Å². The van der Waals surface area contributed by atoms with Crippen LogP contribution in [0.1, 0.15) is 71.1 Å². The molecule has 35 heavy (non-hydrogen) atoms. The smallest absolute Gasteiger partial charge is 0.269 e. The zero-order valence-electron chi connectivity index (χ0n) is 22.0. The summed E-state index contributed by atoms with van der Waals surface area (Å²) < 4.78 is 6.99. The zero-order chi connectivity index (χ0) is 25.1. The molecule has 3 rings (SSSR count). The van der Waals surface area contributed by atoms with E-state index in [1.165, 1.54) is 5.56 Å². The predicted molar refractivity (Wildman–Crippen MR) is 136 cm³/mol. The second-order valence-electron chi connectivity index (χ2n) is 11.9. The van der Waals surface area contributed by atoms with E-state index in [2.05, 4.69) is 53.7 Å². The summed E-state index contributed by atoms with van der Waals surface area (Å²) in [4.78, 5) is 10.6. The van der Waals surface area contributed by atoms with Gasteiger partial charge in [-0.05, 0) is 40.2 Å². The van der Waals surface area contributed by atoms with Crippen LogP contribution in [0.3, 0.4) is 0 Å². The van der Waals surface area contributed by atoms with Gasteiger partial charge in [-0.3, -0.25) is 10.1 Å². The molecule has 0 amide bonds. The van der Waals surface area contributed by atoms with Gasteiger partial charge in [-0.25, -0.2) is 0 Å². The Morgan fingerprint density at radius 1 is 1.00 bits per heavy atom. The average Bonchev–Trinajstić information content (AvgIpc) is 3.19. The molecule has 1 heterocycles. The molecule has 1 fully saturated rings. The number of halogens is 1. The van der Waals surface area contributed by atoms with Gasteiger partial charge in [0.15, 0.2) is 0 Å². The van der Waals surface area contributed by atoms with Crippen LogP contribution in [-0.4, -0.2) is 46.9 Å². The number of nitrogens with zero attached hydrogens (tertiary/aromatic N) is 2. The normalized spacial score (nSPS) is 16.4. The van der Waals surface area contributed by atoms with Gasteiger partial charge in [0.1, 0.15) is 31.5 Å².